The summed E-state index contributed by atoms with van der Waals surface area (Å²) in [6.45, 7) is 0. The third-order valence-electron chi connectivity index (χ3n) is 4.04. The fraction of sp³-hybridized carbons (Fsp3) is 0.188. The molecule has 2 aromatic heterocycles. The monoisotopic (exact) mass is 456 g/mol. The van der Waals surface area contributed by atoms with E-state index < -0.39 is 57.7 Å². The van der Waals surface area contributed by atoms with Crippen LogP contribution in [0.2, 0.25) is 0 Å². The molecule has 1 amide bonds. The number of halogens is 8. The van der Waals surface area contributed by atoms with E-state index in [1.165, 1.54) is 10.9 Å². The first-order valence-electron chi connectivity index (χ1n) is 7.68. The number of benzene rings is 1. The second-order valence-corrected chi connectivity index (χ2v) is 6.60. The molecule has 14 heteroatoms. The number of aromatic nitrogens is 3. The molecule has 1 aromatic carbocycles. The van der Waals surface area contributed by atoms with Crippen LogP contribution < -0.4 is 5.73 Å². The van der Waals surface area contributed by atoms with Crippen molar-refractivity contribution < 1.29 is 39.9 Å². The minimum Gasteiger partial charge on any atom is -0.366 e. The highest BCUT2D eigenvalue weighted by Crippen LogP contribution is 2.52. The van der Waals surface area contributed by atoms with E-state index in [4.69, 9.17) is 5.73 Å². The van der Waals surface area contributed by atoms with Crippen molar-refractivity contribution in [1.29, 1.82) is 0 Å². The van der Waals surface area contributed by atoms with Crippen LogP contribution in [0, 0.1) is 0 Å². The molecule has 3 aromatic rings. The predicted octanol–water partition coefficient (Wildman–Crippen LogP) is 4.97. The number of hydrogen-bond donors (Lipinski definition) is 2. The van der Waals surface area contributed by atoms with Gasteiger partial charge in [0.05, 0.1) is 28.7 Å². The number of rotatable bonds is 4. The van der Waals surface area contributed by atoms with Gasteiger partial charge in [-0.15, -0.1) is 11.3 Å². The second-order valence-electron chi connectivity index (χ2n) is 5.88. The number of nitrogens with zero attached hydrogens (tertiary/aromatic N) is 2. The van der Waals surface area contributed by atoms with Crippen LogP contribution in [0.15, 0.2) is 29.2 Å². The summed E-state index contributed by atoms with van der Waals surface area (Å²) in [7, 11) is 0. The number of hydrogen-bond acceptors (Lipinski definition) is 4. The van der Waals surface area contributed by atoms with Gasteiger partial charge in [0.2, 0.25) is 5.91 Å². The second kappa shape index (κ2) is 7.04. The lowest BCUT2D eigenvalue weighted by molar-refractivity contribution is -0.289. The van der Waals surface area contributed by atoms with Crippen molar-refractivity contribution in [3.63, 3.8) is 0 Å². The molecular formula is C16H8F8N4OS. The number of thiazole rings is 1. The topological polar surface area (TPSA) is 84.7 Å². The van der Waals surface area contributed by atoms with Crippen LogP contribution in [0.5, 0.6) is 0 Å². The highest BCUT2D eigenvalue weighted by Gasteiger charge is 2.61. The standard InChI is InChI=1S/C16H8F8N4OS/c17-14(18,16(22,23)24)11-7(13(25)29)2-1-6(9-4-30-5-26-9)10(11)12-8(3-27-28-12)15(19,20)21/h1-5H,(H2,25,29)(H,27,28). The zero-order chi connectivity index (χ0) is 22.5. The Morgan fingerprint density at radius 1 is 1.07 bits per heavy atom. The third-order valence-corrected chi connectivity index (χ3v) is 4.63. The molecule has 0 fully saturated rings. The Morgan fingerprint density at radius 3 is 2.23 bits per heavy atom. The van der Waals surface area contributed by atoms with Crippen LogP contribution in [-0.2, 0) is 12.1 Å². The smallest absolute Gasteiger partial charge is 0.366 e. The van der Waals surface area contributed by atoms with Gasteiger partial charge in [-0.3, -0.25) is 9.89 Å². The van der Waals surface area contributed by atoms with Crippen LogP contribution in [-0.4, -0.2) is 27.3 Å². The fourth-order valence-corrected chi connectivity index (χ4v) is 3.34. The molecule has 0 aliphatic rings. The Morgan fingerprint density at radius 2 is 1.73 bits per heavy atom. The van der Waals surface area contributed by atoms with Crippen molar-refractivity contribution in [2.24, 2.45) is 5.73 Å². The van der Waals surface area contributed by atoms with Crippen molar-refractivity contribution >= 4 is 17.2 Å². The van der Waals surface area contributed by atoms with E-state index >= 15 is 0 Å². The number of carbonyl (C=O) groups excluding carboxylic acids is 1. The molecule has 0 spiro atoms. The van der Waals surface area contributed by atoms with Crippen molar-refractivity contribution in [2.45, 2.75) is 18.3 Å². The molecule has 0 bridgehead atoms. The molecule has 0 atom stereocenters. The Hall–Kier alpha value is -3.03. The number of alkyl halides is 8. The van der Waals surface area contributed by atoms with E-state index in [0.717, 1.165) is 17.4 Å². The van der Waals surface area contributed by atoms with Crippen LogP contribution in [0.25, 0.3) is 22.5 Å². The first kappa shape index (κ1) is 21.7. The molecule has 3 rings (SSSR count). The number of H-pyrrole nitrogens is 1. The summed E-state index contributed by atoms with van der Waals surface area (Å²) in [6.07, 6.45) is -11.2. The molecule has 2 heterocycles. The van der Waals surface area contributed by atoms with Gasteiger partial charge in [0, 0.05) is 22.1 Å². The van der Waals surface area contributed by atoms with Crippen molar-refractivity contribution in [2.75, 3.05) is 0 Å². The number of primary amides is 1. The number of carbonyl (C=O) groups is 1. The third kappa shape index (κ3) is 3.51. The number of aromatic amines is 1. The maximum Gasteiger partial charge on any atom is 0.458 e. The normalized spacial score (nSPS) is 12.9. The van der Waals surface area contributed by atoms with Gasteiger partial charge in [0.1, 0.15) is 5.56 Å². The predicted molar refractivity (Wildman–Crippen MR) is 88.6 cm³/mol. The lowest BCUT2D eigenvalue weighted by atomic mass is 9.87. The lowest BCUT2D eigenvalue weighted by Crippen LogP contribution is -2.36. The number of nitrogens with one attached hydrogen (secondary N) is 1. The molecule has 0 aliphatic carbocycles. The molecule has 0 aliphatic heterocycles. The molecular weight excluding hydrogens is 448 g/mol. The maximum atomic E-state index is 14.5. The maximum absolute atomic E-state index is 14.5. The van der Waals surface area contributed by atoms with Crippen LogP contribution in [0.4, 0.5) is 35.1 Å². The molecule has 0 unspecified atom stereocenters. The molecule has 0 radical (unpaired) electrons. The largest absolute Gasteiger partial charge is 0.458 e. The molecule has 30 heavy (non-hydrogen) atoms. The molecule has 0 saturated carbocycles. The van der Waals surface area contributed by atoms with Crippen molar-refractivity contribution in [3.8, 4) is 22.5 Å². The van der Waals surface area contributed by atoms with E-state index in [-0.39, 0.29) is 11.9 Å². The summed E-state index contributed by atoms with van der Waals surface area (Å²) in [6, 6.07) is 1.47. The SMILES string of the molecule is NC(=O)c1ccc(-c2cscn2)c(-c2[nH]ncc2C(F)(F)F)c1C(F)(F)C(F)(F)F. The Kier molecular flexibility index (Phi) is 5.08. The van der Waals surface area contributed by atoms with E-state index in [1.807, 2.05) is 5.10 Å². The van der Waals surface area contributed by atoms with Gasteiger partial charge in [0.15, 0.2) is 0 Å². The van der Waals surface area contributed by atoms with Gasteiger partial charge in [-0.1, -0.05) is 6.07 Å². The summed E-state index contributed by atoms with van der Waals surface area (Å²) in [5, 5.41) is 6.18. The van der Waals surface area contributed by atoms with Gasteiger partial charge < -0.3 is 5.73 Å². The summed E-state index contributed by atoms with van der Waals surface area (Å²) in [5.74, 6) is -7.42. The minimum absolute atomic E-state index is 0.187. The first-order valence-corrected chi connectivity index (χ1v) is 8.62. The average molecular weight is 456 g/mol. The van der Waals surface area contributed by atoms with Gasteiger partial charge in [-0.05, 0) is 6.07 Å². The summed E-state index contributed by atoms with van der Waals surface area (Å²) in [5.41, 5.74) is -1.88. The van der Waals surface area contributed by atoms with Gasteiger partial charge in [-0.25, -0.2) is 4.98 Å². The average Bonchev–Trinajstić information content (AvgIpc) is 3.30. The van der Waals surface area contributed by atoms with Gasteiger partial charge in [-0.2, -0.15) is 40.2 Å². The Labute approximate surface area is 165 Å². The highest BCUT2D eigenvalue weighted by molar-refractivity contribution is 7.07. The molecule has 3 N–H and O–H groups in total. The zero-order valence-electron chi connectivity index (χ0n) is 14.2. The van der Waals surface area contributed by atoms with Crippen LogP contribution >= 0.6 is 11.3 Å². The minimum atomic E-state index is -6.24. The lowest BCUT2D eigenvalue weighted by Gasteiger charge is -2.26. The van der Waals surface area contributed by atoms with Crippen molar-refractivity contribution in [3.05, 3.63) is 45.9 Å². The van der Waals surface area contributed by atoms with E-state index in [1.54, 1.807) is 0 Å². The Balaban J connectivity index is 2.54. The first-order chi connectivity index (χ1) is 13.8. The fourth-order valence-electron chi connectivity index (χ4n) is 2.79. The zero-order valence-corrected chi connectivity index (χ0v) is 15.0. The van der Waals surface area contributed by atoms with E-state index in [2.05, 4.69) is 10.1 Å². The van der Waals surface area contributed by atoms with E-state index in [0.29, 0.717) is 6.07 Å². The van der Waals surface area contributed by atoms with Gasteiger partial charge >= 0.3 is 18.3 Å². The number of amides is 1. The quantitative estimate of drug-likeness (QED) is 0.544. The molecule has 160 valence electrons. The Bertz CT molecular complexity index is 1090. The summed E-state index contributed by atoms with van der Waals surface area (Å²) in [4.78, 5) is 15.4. The summed E-state index contributed by atoms with van der Waals surface area (Å²) >= 11 is 0.919. The van der Waals surface area contributed by atoms with Crippen molar-refractivity contribution in [1.82, 2.24) is 15.2 Å². The molecule has 0 saturated heterocycles. The van der Waals surface area contributed by atoms with E-state index in [9.17, 15) is 39.9 Å². The van der Waals surface area contributed by atoms with Gasteiger partial charge in [0.25, 0.3) is 0 Å². The van der Waals surface area contributed by atoms with Crippen LogP contribution in [0.3, 0.4) is 0 Å². The summed E-state index contributed by atoms with van der Waals surface area (Å²) < 4.78 is 109. The molecule has 5 nitrogen and oxygen atoms in total. The number of nitrogens with two attached hydrogens (primary N) is 1. The highest BCUT2D eigenvalue weighted by atomic mass is 32.1. The van der Waals surface area contributed by atoms with Crippen LogP contribution in [0.1, 0.15) is 21.5 Å².